The van der Waals surface area contributed by atoms with Gasteiger partial charge in [0.05, 0.1) is 22.9 Å². The van der Waals surface area contributed by atoms with Gasteiger partial charge in [0.1, 0.15) is 5.75 Å². The van der Waals surface area contributed by atoms with Gasteiger partial charge >= 0.3 is 0 Å². The fourth-order valence-corrected chi connectivity index (χ4v) is 9.91. The number of phenolic OH excluding ortho intramolecular Hbond substituents is 1. The number of fused-ring (bicyclic) bond motifs is 5. The fourth-order valence-electron chi connectivity index (χ4n) is 9.91. The van der Waals surface area contributed by atoms with Crippen molar-refractivity contribution in [2.75, 3.05) is 4.90 Å². The van der Waals surface area contributed by atoms with Gasteiger partial charge in [-0.25, -0.2) is 0 Å². The third-order valence-electron chi connectivity index (χ3n) is 12.2. The van der Waals surface area contributed by atoms with Gasteiger partial charge in [-0.05, 0) is 76.9 Å². The molecular weight excluding hydrogens is 647 g/mol. The molecule has 2 fully saturated rings. The zero-order chi connectivity index (χ0) is 35.7. The molecule has 0 radical (unpaired) electrons. The number of rotatable bonds is 5. The summed E-state index contributed by atoms with van der Waals surface area (Å²) in [5.74, 6) is -4.41. The number of hydrogen-bond donors (Lipinski definition) is 1. The Hall–Kier alpha value is -5.88. The highest BCUT2D eigenvalue weighted by atomic mass is 16.3. The van der Waals surface area contributed by atoms with Crippen molar-refractivity contribution in [1.29, 1.82) is 0 Å². The van der Waals surface area contributed by atoms with Crippen molar-refractivity contribution in [3.63, 3.8) is 0 Å². The first kappa shape index (κ1) is 32.1. The highest BCUT2D eigenvalue weighted by Gasteiger charge is 2.66. The van der Waals surface area contributed by atoms with E-state index in [9.17, 15) is 14.7 Å². The molecule has 6 nitrogen and oxygen atoms in total. The molecule has 6 heteroatoms. The molecule has 0 spiro atoms. The van der Waals surface area contributed by atoms with Crippen LogP contribution in [0.3, 0.4) is 0 Å². The minimum absolute atomic E-state index is 0.0194. The number of ketones is 2. The summed E-state index contributed by atoms with van der Waals surface area (Å²) >= 11 is 0. The summed E-state index contributed by atoms with van der Waals surface area (Å²) in [6, 6.07) is 37.5. The van der Waals surface area contributed by atoms with Gasteiger partial charge in [-0.1, -0.05) is 122 Å². The molecular formula is C46H37NO5. The van der Waals surface area contributed by atoms with Crippen LogP contribution < -0.4 is 4.90 Å². The molecule has 256 valence electrons. The Kier molecular flexibility index (Phi) is 7.47. The molecule has 5 aromatic carbocycles. The molecule has 6 atom stereocenters. The third-order valence-corrected chi connectivity index (χ3v) is 12.2. The fraction of sp³-hybridized carbons (Fsp3) is 0.217. The predicted octanol–water partition coefficient (Wildman–Crippen LogP) is 8.14. The van der Waals surface area contributed by atoms with Crippen molar-refractivity contribution in [2.45, 2.75) is 37.5 Å². The van der Waals surface area contributed by atoms with Crippen LogP contribution in [0.15, 0.2) is 139 Å². The number of anilines is 1. The molecule has 5 aromatic rings. The van der Waals surface area contributed by atoms with Gasteiger partial charge in [0.15, 0.2) is 11.6 Å². The van der Waals surface area contributed by atoms with Crippen molar-refractivity contribution >= 4 is 45.4 Å². The number of carbonyl (C=O) groups excluding carboxylic acids is 4. The number of benzene rings is 5. The molecule has 0 aromatic heterocycles. The van der Waals surface area contributed by atoms with E-state index in [-0.39, 0.29) is 35.6 Å². The van der Waals surface area contributed by atoms with Crippen molar-refractivity contribution < 1.29 is 24.3 Å². The van der Waals surface area contributed by atoms with Gasteiger partial charge in [-0.3, -0.25) is 24.1 Å². The quantitative estimate of drug-likeness (QED) is 0.149. The summed E-state index contributed by atoms with van der Waals surface area (Å²) in [6.45, 7) is 2.06. The Morgan fingerprint density at radius 2 is 1.44 bits per heavy atom. The van der Waals surface area contributed by atoms with Crippen LogP contribution in [0.4, 0.5) is 5.69 Å². The number of imide groups is 1. The summed E-state index contributed by atoms with van der Waals surface area (Å²) in [4.78, 5) is 60.8. The van der Waals surface area contributed by atoms with Crippen LogP contribution in [-0.4, -0.2) is 28.5 Å². The Morgan fingerprint density at radius 1 is 0.750 bits per heavy atom. The molecule has 1 heterocycles. The minimum Gasteiger partial charge on any atom is -0.508 e. The molecule has 2 amide bonds. The second kappa shape index (κ2) is 12.1. The topological polar surface area (TPSA) is 91.8 Å². The number of carbonyl (C=O) groups is 4. The van der Waals surface area contributed by atoms with E-state index in [0.717, 1.165) is 28.3 Å². The van der Waals surface area contributed by atoms with Gasteiger partial charge in [0.2, 0.25) is 11.8 Å². The van der Waals surface area contributed by atoms with Crippen molar-refractivity contribution in [3.8, 4) is 5.75 Å². The Balaban J connectivity index is 1.30. The third kappa shape index (κ3) is 4.49. The normalized spacial score (nSPS) is 26.8. The number of allylic oxidation sites excluding steroid dienone is 4. The predicted molar refractivity (Wildman–Crippen MR) is 200 cm³/mol. The molecule has 1 aliphatic heterocycles. The van der Waals surface area contributed by atoms with Gasteiger partial charge in [0.25, 0.3) is 0 Å². The van der Waals surface area contributed by atoms with Crippen LogP contribution in [0, 0.1) is 23.7 Å². The highest BCUT2D eigenvalue weighted by Crippen LogP contribution is 2.65. The second-order valence-corrected chi connectivity index (χ2v) is 14.5. The monoisotopic (exact) mass is 683 g/mol. The molecule has 9 rings (SSSR count). The number of nitrogens with zero attached hydrogens (tertiary/aromatic N) is 1. The molecule has 4 aliphatic rings. The first-order chi connectivity index (χ1) is 25.3. The molecule has 1 saturated carbocycles. The maximum absolute atomic E-state index is 15.4. The maximum atomic E-state index is 15.4. The molecule has 1 N–H and O–H groups in total. The van der Waals surface area contributed by atoms with Gasteiger partial charge in [-0.2, -0.15) is 0 Å². The van der Waals surface area contributed by atoms with E-state index in [2.05, 4.69) is 6.92 Å². The average Bonchev–Trinajstić information content (AvgIpc) is 3.45. The van der Waals surface area contributed by atoms with Crippen molar-refractivity contribution in [2.24, 2.45) is 23.7 Å². The summed E-state index contributed by atoms with van der Waals surface area (Å²) in [5.41, 5.74) is 3.30. The largest absolute Gasteiger partial charge is 0.508 e. The smallest absolute Gasteiger partial charge is 0.238 e. The lowest BCUT2D eigenvalue weighted by molar-refractivity contribution is -0.135. The van der Waals surface area contributed by atoms with E-state index in [1.807, 2.05) is 121 Å². The summed E-state index contributed by atoms with van der Waals surface area (Å²) in [7, 11) is 0. The van der Waals surface area contributed by atoms with E-state index < -0.39 is 35.0 Å². The van der Waals surface area contributed by atoms with E-state index in [1.54, 1.807) is 6.07 Å². The number of amides is 2. The number of hydrogen-bond acceptors (Lipinski definition) is 5. The van der Waals surface area contributed by atoms with Gasteiger partial charge in [-0.15, -0.1) is 0 Å². The van der Waals surface area contributed by atoms with Gasteiger partial charge in [0, 0.05) is 23.0 Å². The van der Waals surface area contributed by atoms with E-state index >= 15 is 9.59 Å². The zero-order valence-corrected chi connectivity index (χ0v) is 28.7. The molecule has 3 aliphatic carbocycles. The Bertz CT molecular complexity index is 2360. The lowest BCUT2D eigenvalue weighted by atomic mass is 9.44. The van der Waals surface area contributed by atoms with Crippen LogP contribution in [0.2, 0.25) is 0 Å². The van der Waals surface area contributed by atoms with Crippen molar-refractivity contribution in [3.05, 3.63) is 161 Å². The van der Waals surface area contributed by atoms with E-state index in [1.165, 1.54) is 11.0 Å². The van der Waals surface area contributed by atoms with E-state index in [4.69, 9.17) is 0 Å². The van der Waals surface area contributed by atoms with Crippen molar-refractivity contribution in [1.82, 2.24) is 0 Å². The first-order valence-electron chi connectivity index (χ1n) is 18.1. The highest BCUT2D eigenvalue weighted by molar-refractivity contribution is 6.32. The number of aromatic hydroxyl groups is 1. The zero-order valence-electron chi connectivity index (χ0n) is 28.7. The molecule has 0 bridgehead atoms. The van der Waals surface area contributed by atoms with Crippen LogP contribution >= 0.6 is 0 Å². The summed E-state index contributed by atoms with van der Waals surface area (Å²) in [6.07, 6.45) is 4.91. The lowest BCUT2D eigenvalue weighted by Gasteiger charge is -2.55. The average molecular weight is 684 g/mol. The van der Waals surface area contributed by atoms with Gasteiger partial charge < -0.3 is 5.11 Å². The standard InChI is InChI=1S/C46H37NO5/c1-2-27-17-20-31(21-18-27)47-44(51)34-23-22-33-36(40(34)45(47)52)25-37-43(50)35(28-11-5-3-6-12-28)26-39(49)46(37,30-14-7-4-8-15-30)42(33)41-32-16-10-9-13-29(32)19-24-38(41)48/h3-22,24,26,34,36-37,40,42,48H,2,23,25H2,1H3/t34-,36+,37-,40-,42+,46-/m0/s1. The lowest BCUT2D eigenvalue weighted by Crippen LogP contribution is -2.58. The molecule has 1 saturated heterocycles. The van der Waals surface area contributed by atoms with Crippen LogP contribution in [0.1, 0.15) is 47.9 Å². The number of phenols is 1. The maximum Gasteiger partial charge on any atom is 0.238 e. The number of Topliss-reactive ketones (excluding diaryl/α,β-unsaturated/α-hetero) is 1. The summed E-state index contributed by atoms with van der Waals surface area (Å²) in [5, 5.41) is 13.6. The second-order valence-electron chi connectivity index (χ2n) is 14.5. The Morgan fingerprint density at radius 3 is 2.17 bits per heavy atom. The first-order valence-corrected chi connectivity index (χ1v) is 18.1. The summed E-state index contributed by atoms with van der Waals surface area (Å²) < 4.78 is 0. The van der Waals surface area contributed by atoms with Crippen LogP contribution in [0.5, 0.6) is 5.75 Å². The Labute approximate surface area is 302 Å². The van der Waals surface area contributed by atoms with Crippen LogP contribution in [0.25, 0.3) is 16.3 Å². The molecule has 0 unspecified atom stereocenters. The SMILES string of the molecule is CCc1ccc(N2C(=O)[C@H]3[C@H](CC=C4[C@H]3C[C@H]3C(=O)C(c5ccccc5)=CC(=O)[C@@]3(c3ccccc3)[C@H]4c3c(O)ccc4ccccc34)C2=O)cc1. The molecule has 52 heavy (non-hydrogen) atoms. The number of aryl methyl sites for hydroxylation is 1. The minimum atomic E-state index is -1.42. The van der Waals surface area contributed by atoms with E-state index in [0.29, 0.717) is 34.4 Å². The van der Waals surface area contributed by atoms with Crippen LogP contribution in [-0.2, 0) is 31.0 Å².